The zero-order chi connectivity index (χ0) is 23.4. The maximum atomic E-state index is 11.8. The van der Waals surface area contributed by atoms with Crippen molar-refractivity contribution in [3.8, 4) is 5.75 Å². The highest BCUT2D eigenvalue weighted by atomic mass is 32.2. The minimum atomic E-state index is -3.23. The molecule has 2 aromatic heterocycles. The summed E-state index contributed by atoms with van der Waals surface area (Å²) in [5.74, 6) is 1.61. The lowest BCUT2D eigenvalue weighted by Crippen LogP contribution is -2.48. The Labute approximate surface area is 195 Å². The van der Waals surface area contributed by atoms with Crippen LogP contribution in [0.4, 0.5) is 5.82 Å². The molecule has 10 heteroatoms. The van der Waals surface area contributed by atoms with Gasteiger partial charge >= 0.3 is 0 Å². The zero-order valence-electron chi connectivity index (χ0n) is 19.4. The molecule has 1 aromatic carbocycles. The van der Waals surface area contributed by atoms with E-state index < -0.39 is 10.0 Å². The number of piperazine rings is 1. The van der Waals surface area contributed by atoms with Gasteiger partial charge in [0.1, 0.15) is 6.33 Å². The van der Waals surface area contributed by atoms with Gasteiger partial charge in [0.25, 0.3) is 0 Å². The lowest BCUT2D eigenvalue weighted by molar-refractivity contribution is 0.181. The van der Waals surface area contributed by atoms with Crippen LogP contribution in [0.5, 0.6) is 5.75 Å². The van der Waals surface area contributed by atoms with Crippen LogP contribution in [0.25, 0.3) is 10.9 Å². The van der Waals surface area contributed by atoms with Crippen LogP contribution in [-0.4, -0.2) is 67.3 Å². The first kappa shape index (κ1) is 23.5. The topological polar surface area (TPSA) is 103 Å². The number of aromatic amines is 1. The number of benzene rings is 1. The molecule has 1 aliphatic rings. The number of ether oxygens (including phenoxy) is 1. The Balaban J connectivity index is 1.50. The number of nitrogens with zero attached hydrogens (tertiary/aromatic N) is 4. The number of H-pyrrole nitrogens is 1. The molecular formula is C23H32N6O3S. The molecule has 3 aromatic rings. The third-order valence-corrected chi connectivity index (χ3v) is 7.68. The number of hydrogen-bond acceptors (Lipinski definition) is 7. The monoisotopic (exact) mass is 472 g/mol. The van der Waals surface area contributed by atoms with Crippen LogP contribution in [0.1, 0.15) is 37.4 Å². The third kappa shape index (κ3) is 5.13. The number of hydrogen-bond donors (Lipinski definition) is 2. The summed E-state index contributed by atoms with van der Waals surface area (Å²) < 4.78 is 31.8. The third-order valence-electron chi connectivity index (χ3n) is 6.33. The van der Waals surface area contributed by atoms with E-state index >= 15 is 0 Å². The van der Waals surface area contributed by atoms with Gasteiger partial charge in [0.15, 0.2) is 11.6 Å². The van der Waals surface area contributed by atoms with Gasteiger partial charge in [-0.1, -0.05) is 13.0 Å². The van der Waals surface area contributed by atoms with Crippen LogP contribution in [-0.2, 0) is 16.6 Å². The van der Waals surface area contributed by atoms with E-state index in [-0.39, 0.29) is 11.8 Å². The SMILES string of the molecule is CCC(c1c[nH]c2ccc(CNS(=O)(=O)CC)cc12)N1CCN(c2ncncc2OC)CC1. The maximum Gasteiger partial charge on any atom is 0.211 e. The molecule has 1 unspecified atom stereocenters. The molecule has 1 fully saturated rings. The molecule has 0 spiro atoms. The minimum absolute atomic E-state index is 0.0788. The predicted octanol–water partition coefficient (Wildman–Crippen LogP) is 2.68. The molecule has 178 valence electrons. The van der Waals surface area contributed by atoms with Gasteiger partial charge in [0, 0.05) is 55.9 Å². The lowest BCUT2D eigenvalue weighted by atomic mass is 9.99. The van der Waals surface area contributed by atoms with Crippen molar-refractivity contribution in [1.82, 2.24) is 24.6 Å². The summed E-state index contributed by atoms with van der Waals surface area (Å²) >= 11 is 0. The van der Waals surface area contributed by atoms with Crippen LogP contribution in [0.15, 0.2) is 36.9 Å². The van der Waals surface area contributed by atoms with Crippen molar-refractivity contribution in [2.24, 2.45) is 0 Å². The van der Waals surface area contributed by atoms with Crippen molar-refractivity contribution in [3.05, 3.63) is 48.0 Å². The fraction of sp³-hybridized carbons (Fsp3) is 0.478. The Kier molecular flexibility index (Phi) is 7.16. The molecule has 3 heterocycles. The van der Waals surface area contributed by atoms with Gasteiger partial charge in [-0.05, 0) is 36.6 Å². The quantitative estimate of drug-likeness (QED) is 0.493. The Hall–Kier alpha value is -2.69. The highest BCUT2D eigenvalue weighted by Gasteiger charge is 2.27. The Morgan fingerprint density at radius 1 is 1.21 bits per heavy atom. The maximum absolute atomic E-state index is 11.8. The number of aromatic nitrogens is 3. The van der Waals surface area contributed by atoms with E-state index in [9.17, 15) is 8.42 Å². The first-order valence-corrected chi connectivity index (χ1v) is 13.0. The fourth-order valence-electron chi connectivity index (χ4n) is 4.48. The molecule has 0 amide bonds. The van der Waals surface area contributed by atoms with Gasteiger partial charge < -0.3 is 14.6 Å². The summed E-state index contributed by atoms with van der Waals surface area (Å²) in [7, 11) is -1.58. The molecule has 9 nitrogen and oxygen atoms in total. The highest BCUT2D eigenvalue weighted by molar-refractivity contribution is 7.89. The van der Waals surface area contributed by atoms with Gasteiger partial charge in [-0.2, -0.15) is 0 Å². The van der Waals surface area contributed by atoms with Crippen molar-refractivity contribution in [2.45, 2.75) is 32.9 Å². The first-order valence-electron chi connectivity index (χ1n) is 11.4. The Bertz CT molecular complexity index is 1190. The van der Waals surface area contributed by atoms with Crippen molar-refractivity contribution in [2.75, 3.05) is 43.9 Å². The van der Waals surface area contributed by atoms with Gasteiger partial charge in [-0.15, -0.1) is 0 Å². The molecule has 1 atom stereocenters. The van der Waals surface area contributed by atoms with E-state index in [4.69, 9.17) is 4.74 Å². The molecule has 33 heavy (non-hydrogen) atoms. The van der Waals surface area contributed by atoms with Crippen LogP contribution in [0, 0.1) is 0 Å². The summed E-state index contributed by atoms with van der Waals surface area (Å²) in [6, 6.07) is 6.37. The average Bonchev–Trinajstić information content (AvgIpc) is 3.27. The molecule has 1 saturated heterocycles. The highest BCUT2D eigenvalue weighted by Crippen LogP contribution is 2.33. The largest absolute Gasteiger partial charge is 0.491 e. The number of sulfonamides is 1. The van der Waals surface area contributed by atoms with E-state index in [1.807, 2.05) is 12.1 Å². The van der Waals surface area contributed by atoms with Crippen LogP contribution >= 0.6 is 0 Å². The van der Waals surface area contributed by atoms with Gasteiger partial charge in [-0.3, -0.25) is 4.90 Å². The molecule has 0 bridgehead atoms. The van der Waals surface area contributed by atoms with Crippen molar-refractivity contribution >= 4 is 26.7 Å². The number of methoxy groups -OCH3 is 1. The summed E-state index contributed by atoms with van der Waals surface area (Å²) in [6.07, 6.45) is 6.34. The number of rotatable bonds is 9. The smallest absolute Gasteiger partial charge is 0.211 e. The number of anilines is 1. The van der Waals surface area contributed by atoms with E-state index in [2.05, 4.69) is 48.7 Å². The van der Waals surface area contributed by atoms with Gasteiger partial charge in [-0.25, -0.2) is 23.1 Å². The van der Waals surface area contributed by atoms with E-state index in [1.54, 1.807) is 26.6 Å². The lowest BCUT2D eigenvalue weighted by Gasteiger charge is -2.39. The van der Waals surface area contributed by atoms with Gasteiger partial charge in [0.05, 0.1) is 19.1 Å². The molecule has 1 aliphatic heterocycles. The zero-order valence-corrected chi connectivity index (χ0v) is 20.2. The molecule has 0 aliphatic carbocycles. The second-order valence-electron chi connectivity index (χ2n) is 8.21. The van der Waals surface area contributed by atoms with Crippen LogP contribution in [0.2, 0.25) is 0 Å². The van der Waals surface area contributed by atoms with E-state index in [0.717, 1.165) is 54.9 Å². The molecule has 0 saturated carbocycles. The van der Waals surface area contributed by atoms with Crippen molar-refractivity contribution in [3.63, 3.8) is 0 Å². The Morgan fingerprint density at radius 2 is 2.00 bits per heavy atom. The number of nitrogens with one attached hydrogen (secondary N) is 2. The second kappa shape index (κ2) is 10.1. The van der Waals surface area contributed by atoms with Crippen LogP contribution in [0.3, 0.4) is 0 Å². The van der Waals surface area contributed by atoms with Crippen molar-refractivity contribution in [1.29, 1.82) is 0 Å². The average molecular weight is 473 g/mol. The second-order valence-corrected chi connectivity index (χ2v) is 10.3. The normalized spacial score (nSPS) is 16.3. The molecular weight excluding hydrogens is 440 g/mol. The standard InChI is InChI=1S/C23H32N6O3S/c1-4-21(28-8-10-29(11-9-28)23-22(32-3)15-24-16-26-23)19-14-25-20-7-6-17(12-18(19)20)13-27-33(30,31)5-2/h6-7,12,14-16,21,25,27H,4-5,8-11,13H2,1-3H3. The summed E-state index contributed by atoms with van der Waals surface area (Å²) in [5, 5.41) is 1.15. The summed E-state index contributed by atoms with van der Waals surface area (Å²) in [5.41, 5.74) is 3.27. The predicted molar refractivity (Wildman–Crippen MR) is 130 cm³/mol. The minimum Gasteiger partial charge on any atom is -0.491 e. The van der Waals surface area contributed by atoms with Crippen molar-refractivity contribution < 1.29 is 13.2 Å². The van der Waals surface area contributed by atoms with Crippen LogP contribution < -0.4 is 14.4 Å². The summed E-state index contributed by atoms with van der Waals surface area (Å²) in [6.45, 7) is 7.69. The van der Waals surface area contributed by atoms with E-state index in [0.29, 0.717) is 12.3 Å². The first-order chi connectivity index (χ1) is 16.0. The molecule has 4 rings (SSSR count). The summed E-state index contributed by atoms with van der Waals surface area (Å²) in [4.78, 5) is 16.6. The molecule has 2 N–H and O–H groups in total. The fourth-order valence-corrected chi connectivity index (χ4v) is 5.07. The van der Waals surface area contributed by atoms with Gasteiger partial charge in [0.2, 0.25) is 10.0 Å². The van der Waals surface area contributed by atoms with E-state index in [1.165, 1.54) is 5.56 Å². The molecule has 0 radical (unpaired) electrons. The number of fused-ring (bicyclic) bond motifs is 1. The Morgan fingerprint density at radius 3 is 2.70 bits per heavy atom.